The maximum absolute atomic E-state index is 14.9. The van der Waals surface area contributed by atoms with Crippen LogP contribution in [0.25, 0.3) is 21.5 Å². The number of benzene rings is 6. The number of sulfonamides is 2. The van der Waals surface area contributed by atoms with E-state index in [1.54, 1.807) is 106 Å². The van der Waals surface area contributed by atoms with Crippen LogP contribution >= 0.6 is 57.4 Å². The van der Waals surface area contributed by atoms with Gasteiger partial charge < -0.3 is 15.3 Å². The van der Waals surface area contributed by atoms with Crippen LogP contribution in [0.2, 0.25) is 0 Å². The Bertz CT molecular complexity index is 2650. The van der Waals surface area contributed by atoms with Crippen molar-refractivity contribution >= 4 is 127 Å². The summed E-state index contributed by atoms with van der Waals surface area (Å²) in [6.45, 7) is 0. The maximum atomic E-state index is 14.9. The third-order valence-corrected chi connectivity index (χ3v) is 13.4. The van der Waals surface area contributed by atoms with E-state index in [0.717, 1.165) is 29.0 Å². The van der Waals surface area contributed by atoms with Gasteiger partial charge in [-0.3, -0.25) is 0 Å². The molecule has 0 heterocycles. The first-order valence-electron chi connectivity index (χ1n) is 14.5. The molecular weight excluding hydrogens is 942 g/mol. The molecule has 16 heteroatoms. The molecular formula is C35H22I2N2O9S3. The number of carbonyl (C=O) groups is 2. The molecule has 3 N–H and O–H groups in total. The fourth-order valence-corrected chi connectivity index (χ4v) is 11.6. The second-order valence-electron chi connectivity index (χ2n) is 10.9. The molecule has 258 valence electrons. The van der Waals surface area contributed by atoms with Crippen molar-refractivity contribution in [3.63, 3.8) is 0 Å². The number of nitrogens with zero attached hydrogens (tertiary/aromatic N) is 2. The number of phenols is 1. The Balaban J connectivity index is 1.65. The van der Waals surface area contributed by atoms with E-state index in [9.17, 15) is 41.7 Å². The van der Waals surface area contributed by atoms with Crippen LogP contribution in [-0.2, 0) is 20.0 Å². The highest BCUT2D eigenvalue weighted by Gasteiger charge is 2.40. The van der Waals surface area contributed by atoms with Gasteiger partial charge in [0.15, 0.2) is 0 Å². The van der Waals surface area contributed by atoms with E-state index in [0.29, 0.717) is 19.4 Å². The number of rotatable bonds is 8. The molecule has 51 heavy (non-hydrogen) atoms. The lowest BCUT2D eigenvalue weighted by Crippen LogP contribution is -2.49. The van der Waals surface area contributed by atoms with Gasteiger partial charge in [0.25, 0.3) is 20.0 Å². The molecule has 0 aromatic heterocycles. The van der Waals surface area contributed by atoms with Gasteiger partial charge in [0.1, 0.15) is 11.3 Å². The van der Waals surface area contributed by atoms with Crippen LogP contribution in [0.15, 0.2) is 125 Å². The van der Waals surface area contributed by atoms with Gasteiger partial charge in [0.05, 0.1) is 26.7 Å². The molecule has 0 saturated heterocycles. The lowest BCUT2D eigenvalue weighted by molar-refractivity contribution is 0.0684. The molecule has 0 aliphatic carbocycles. The molecule has 0 radical (unpaired) electrons. The number of anilines is 2. The third-order valence-electron chi connectivity index (χ3n) is 7.78. The fraction of sp³-hybridized carbons (Fsp3) is 0. The van der Waals surface area contributed by atoms with Crippen molar-refractivity contribution in [3.05, 3.63) is 134 Å². The highest BCUT2D eigenvalue weighted by atomic mass is 127. The molecule has 0 spiro atoms. The van der Waals surface area contributed by atoms with Crippen molar-refractivity contribution in [1.29, 1.82) is 0 Å². The topological polar surface area (TPSA) is 170 Å². The summed E-state index contributed by atoms with van der Waals surface area (Å²) in [5, 5.41) is 31.7. The molecule has 11 nitrogen and oxygen atoms in total. The minimum atomic E-state index is -4.84. The Morgan fingerprint density at radius 1 is 0.588 bits per heavy atom. The lowest BCUT2D eigenvalue weighted by Gasteiger charge is -2.33. The summed E-state index contributed by atoms with van der Waals surface area (Å²) in [4.78, 5) is 23.1. The normalized spacial score (nSPS) is 11.7. The predicted octanol–water partition coefficient (Wildman–Crippen LogP) is 7.68. The average Bonchev–Trinajstić information content (AvgIpc) is 3.08. The first kappa shape index (κ1) is 36.4. The van der Waals surface area contributed by atoms with Crippen molar-refractivity contribution in [3.8, 4) is 5.75 Å². The number of carboxylic acids is 2. The molecule has 0 amide bonds. The van der Waals surface area contributed by atoms with Crippen molar-refractivity contribution < 1.29 is 41.7 Å². The number of carboxylic acid groups (broad SMARTS) is 2. The van der Waals surface area contributed by atoms with Crippen LogP contribution in [0.5, 0.6) is 5.75 Å². The van der Waals surface area contributed by atoms with E-state index < -0.39 is 48.4 Å². The van der Waals surface area contributed by atoms with Crippen LogP contribution < -0.4 is 8.61 Å². The number of thiocarbonyl (C=S) groups is 1. The Morgan fingerprint density at radius 3 is 1.51 bits per heavy atom. The van der Waals surface area contributed by atoms with Gasteiger partial charge in [-0.25, -0.2) is 35.0 Å². The summed E-state index contributed by atoms with van der Waals surface area (Å²) >= 11 is 9.37. The maximum Gasteiger partial charge on any atom is 0.339 e. The molecule has 0 bridgehead atoms. The number of fused-ring (bicyclic) bond motifs is 2. The molecule has 6 aromatic carbocycles. The minimum absolute atomic E-state index is 0.107. The zero-order chi connectivity index (χ0) is 36.8. The summed E-state index contributed by atoms with van der Waals surface area (Å²) in [6, 6.07) is 27.9. The van der Waals surface area contributed by atoms with Crippen LogP contribution in [0.3, 0.4) is 0 Å². The van der Waals surface area contributed by atoms with E-state index in [-0.39, 0.29) is 33.9 Å². The number of aromatic carboxylic acids is 2. The standard InChI is InChI=1S/C35H22I2N2O9S3/c36-29-17-24(33(41)42)18-30(37)32(29)39(51(47,48)27-13-10-21-6-2-4-8-23(21)16-27)35(49)38(25-11-14-28(34(43)44)31(40)19-25)50(45,46)26-12-9-20-5-1-3-7-22(20)15-26/h1-19,40H,(H,41,42)(H,43,44). The van der Waals surface area contributed by atoms with E-state index >= 15 is 0 Å². The molecule has 6 aromatic rings. The van der Waals surface area contributed by atoms with Crippen molar-refractivity contribution in [2.24, 2.45) is 0 Å². The van der Waals surface area contributed by atoms with Crippen LogP contribution in [0.4, 0.5) is 11.4 Å². The highest BCUT2D eigenvalue weighted by Crippen LogP contribution is 2.39. The van der Waals surface area contributed by atoms with E-state index in [1.165, 1.54) is 36.4 Å². The Hall–Kier alpha value is -4.37. The summed E-state index contributed by atoms with van der Waals surface area (Å²) in [5.74, 6) is -3.58. The number of halogens is 2. The number of aromatic hydroxyl groups is 1. The molecule has 0 saturated carbocycles. The fourth-order valence-electron chi connectivity index (χ4n) is 5.33. The van der Waals surface area contributed by atoms with Gasteiger partial charge in [-0.05, 0) is 127 Å². The quantitative estimate of drug-likeness (QED) is 0.102. The van der Waals surface area contributed by atoms with E-state index in [1.807, 2.05) is 0 Å². The van der Waals surface area contributed by atoms with Crippen LogP contribution in [0.1, 0.15) is 20.7 Å². The Labute approximate surface area is 324 Å². The van der Waals surface area contributed by atoms with Gasteiger partial charge in [-0.1, -0.05) is 60.7 Å². The molecule has 6 rings (SSSR count). The SMILES string of the molecule is O=C(O)c1cc(I)c(N(C(=S)N(c2ccc(C(=O)O)c(O)c2)S(=O)(=O)c2ccc3ccccc3c2)S(=O)(=O)c2ccc3ccccc3c2)c(I)c1. The van der Waals surface area contributed by atoms with Gasteiger partial charge in [0, 0.05) is 13.2 Å². The number of hydrogen-bond acceptors (Lipinski definition) is 8. The van der Waals surface area contributed by atoms with Crippen molar-refractivity contribution in [2.45, 2.75) is 9.79 Å². The summed E-state index contributed by atoms with van der Waals surface area (Å²) in [6.07, 6.45) is 0. The second kappa shape index (κ2) is 14.0. The Kier molecular flexibility index (Phi) is 9.98. The molecule has 0 aliphatic heterocycles. The zero-order valence-corrected chi connectivity index (χ0v) is 32.4. The predicted molar refractivity (Wildman–Crippen MR) is 214 cm³/mol. The molecule has 0 unspecified atom stereocenters. The van der Waals surface area contributed by atoms with E-state index in [4.69, 9.17) is 12.2 Å². The molecule has 0 fully saturated rings. The monoisotopic (exact) mass is 964 g/mol. The van der Waals surface area contributed by atoms with Crippen LogP contribution in [0, 0.1) is 7.14 Å². The summed E-state index contributed by atoms with van der Waals surface area (Å²) in [5.41, 5.74) is -1.20. The summed E-state index contributed by atoms with van der Waals surface area (Å²) in [7, 11) is -9.66. The second-order valence-corrected chi connectivity index (χ2v) is 17.2. The molecule has 0 atom stereocenters. The van der Waals surface area contributed by atoms with Gasteiger partial charge >= 0.3 is 11.9 Å². The third kappa shape index (κ3) is 6.85. The molecule has 0 aliphatic rings. The number of hydrogen-bond donors (Lipinski definition) is 3. The van der Waals surface area contributed by atoms with Gasteiger partial charge in [-0.15, -0.1) is 0 Å². The van der Waals surface area contributed by atoms with Crippen LogP contribution in [-0.4, -0.2) is 49.2 Å². The van der Waals surface area contributed by atoms with E-state index in [2.05, 4.69) is 0 Å². The first-order chi connectivity index (χ1) is 24.1. The minimum Gasteiger partial charge on any atom is -0.507 e. The zero-order valence-electron chi connectivity index (χ0n) is 25.6. The summed E-state index contributed by atoms with van der Waals surface area (Å²) < 4.78 is 60.7. The lowest BCUT2D eigenvalue weighted by atomic mass is 10.1. The largest absolute Gasteiger partial charge is 0.507 e. The smallest absolute Gasteiger partial charge is 0.339 e. The first-order valence-corrected chi connectivity index (χ1v) is 20.0. The highest BCUT2D eigenvalue weighted by molar-refractivity contribution is 14.1. The van der Waals surface area contributed by atoms with Crippen molar-refractivity contribution in [1.82, 2.24) is 0 Å². The van der Waals surface area contributed by atoms with Gasteiger partial charge in [-0.2, -0.15) is 0 Å². The van der Waals surface area contributed by atoms with Crippen molar-refractivity contribution in [2.75, 3.05) is 8.61 Å². The van der Waals surface area contributed by atoms with Gasteiger partial charge in [0.2, 0.25) is 5.11 Å². The Morgan fingerprint density at radius 2 is 1.06 bits per heavy atom. The average molecular weight is 965 g/mol.